The Hall–Kier alpha value is -2.90. The van der Waals surface area contributed by atoms with E-state index in [2.05, 4.69) is 95.3 Å². The highest BCUT2D eigenvalue weighted by atomic mass is 14.8. The van der Waals surface area contributed by atoms with Crippen LogP contribution in [-0.2, 0) is 11.0 Å². The second kappa shape index (κ2) is 5.42. The molecule has 0 saturated carbocycles. The minimum absolute atomic E-state index is 0.0303. The van der Waals surface area contributed by atoms with E-state index in [0.29, 0.717) is 0 Å². The zero-order valence-corrected chi connectivity index (χ0v) is 18.4. The summed E-state index contributed by atoms with van der Waals surface area (Å²) in [4.78, 5) is 0. The van der Waals surface area contributed by atoms with E-state index >= 15 is 0 Å². The van der Waals surface area contributed by atoms with Gasteiger partial charge >= 0.3 is 0 Å². The van der Waals surface area contributed by atoms with Crippen LogP contribution in [0.2, 0.25) is 0 Å². The first-order valence-electron chi connectivity index (χ1n) is 10.8. The van der Waals surface area contributed by atoms with Crippen molar-refractivity contribution in [2.45, 2.75) is 45.6 Å². The standard InChI is InChI=1S/C29H27N/c1-16-6-8-18-20-10-13-23-22(26(20)28(3,4)24(18)14-16)12-11-21-19-9-7-17(2)15-25(19)29(5,30)27(21)23/h6-15H,30H2,1-5H3. The summed E-state index contributed by atoms with van der Waals surface area (Å²) in [7, 11) is 0. The molecule has 2 N–H and O–H groups in total. The second-order valence-corrected chi connectivity index (χ2v) is 10.00. The molecular formula is C29H27N. The van der Waals surface area contributed by atoms with E-state index in [1.165, 1.54) is 66.4 Å². The van der Waals surface area contributed by atoms with Crippen molar-refractivity contribution in [3.05, 3.63) is 94.0 Å². The third-order valence-corrected chi connectivity index (χ3v) is 7.51. The summed E-state index contributed by atoms with van der Waals surface area (Å²) in [6.07, 6.45) is 0. The van der Waals surface area contributed by atoms with Gasteiger partial charge in [-0.3, -0.25) is 0 Å². The molecule has 2 aliphatic carbocycles. The smallest absolute Gasteiger partial charge is 0.0655 e. The highest BCUT2D eigenvalue weighted by Crippen LogP contribution is 2.55. The first-order valence-corrected chi connectivity index (χ1v) is 10.8. The Balaban J connectivity index is 1.71. The zero-order chi connectivity index (χ0) is 21.0. The van der Waals surface area contributed by atoms with Crippen LogP contribution in [0.3, 0.4) is 0 Å². The number of rotatable bonds is 0. The lowest BCUT2D eigenvalue weighted by Crippen LogP contribution is -2.32. The van der Waals surface area contributed by atoms with Gasteiger partial charge in [-0.1, -0.05) is 85.6 Å². The molecule has 0 spiro atoms. The Morgan fingerprint density at radius 1 is 0.567 bits per heavy atom. The van der Waals surface area contributed by atoms with Crippen LogP contribution in [0, 0.1) is 13.8 Å². The van der Waals surface area contributed by atoms with E-state index in [1.807, 2.05) is 0 Å². The lowest BCUT2D eigenvalue weighted by Gasteiger charge is -2.27. The molecular weight excluding hydrogens is 362 g/mol. The van der Waals surface area contributed by atoms with Gasteiger partial charge in [0, 0.05) is 5.41 Å². The van der Waals surface area contributed by atoms with Crippen molar-refractivity contribution in [3.8, 4) is 22.3 Å². The first kappa shape index (κ1) is 17.9. The topological polar surface area (TPSA) is 26.0 Å². The molecule has 0 amide bonds. The van der Waals surface area contributed by atoms with Crippen LogP contribution in [0.1, 0.15) is 54.2 Å². The Labute approximate surface area is 178 Å². The van der Waals surface area contributed by atoms with Gasteiger partial charge in [-0.25, -0.2) is 0 Å². The third-order valence-electron chi connectivity index (χ3n) is 7.51. The van der Waals surface area contributed by atoms with Gasteiger partial charge in [0.25, 0.3) is 0 Å². The fraction of sp³-hybridized carbons (Fsp3) is 0.241. The van der Waals surface area contributed by atoms with Crippen molar-refractivity contribution >= 4 is 10.8 Å². The van der Waals surface area contributed by atoms with Crippen LogP contribution in [-0.4, -0.2) is 0 Å². The number of nitrogens with two attached hydrogens (primary N) is 1. The molecule has 1 nitrogen and oxygen atoms in total. The van der Waals surface area contributed by atoms with Crippen molar-refractivity contribution in [2.24, 2.45) is 5.73 Å². The van der Waals surface area contributed by atoms with Crippen molar-refractivity contribution in [3.63, 3.8) is 0 Å². The highest BCUT2D eigenvalue weighted by molar-refractivity contribution is 6.03. The maximum absolute atomic E-state index is 7.05. The van der Waals surface area contributed by atoms with Gasteiger partial charge < -0.3 is 5.73 Å². The largest absolute Gasteiger partial charge is 0.318 e. The summed E-state index contributed by atoms with van der Waals surface area (Å²) in [6, 6.07) is 22.8. The van der Waals surface area contributed by atoms with E-state index in [9.17, 15) is 0 Å². The average Bonchev–Trinajstić information content (AvgIpc) is 3.07. The molecule has 148 valence electrons. The van der Waals surface area contributed by atoms with E-state index in [1.54, 1.807) is 0 Å². The Morgan fingerprint density at radius 2 is 1.03 bits per heavy atom. The molecule has 0 bridgehead atoms. The number of fused-ring (bicyclic) bond motifs is 9. The average molecular weight is 390 g/mol. The SMILES string of the molecule is Cc1ccc2c(c1)C(C)(C)c1c-2ccc2c3c(ccc12)-c1ccc(C)cc1C3(C)N. The van der Waals surface area contributed by atoms with Crippen LogP contribution in [0.5, 0.6) is 0 Å². The highest BCUT2D eigenvalue weighted by Gasteiger charge is 2.41. The molecule has 0 aliphatic heterocycles. The van der Waals surface area contributed by atoms with Gasteiger partial charge in [-0.05, 0) is 76.1 Å². The number of aryl methyl sites for hydroxylation is 2. The van der Waals surface area contributed by atoms with Crippen molar-refractivity contribution < 1.29 is 0 Å². The van der Waals surface area contributed by atoms with Crippen LogP contribution >= 0.6 is 0 Å². The van der Waals surface area contributed by atoms with Crippen molar-refractivity contribution in [1.29, 1.82) is 0 Å². The molecule has 2 aliphatic rings. The lowest BCUT2D eigenvalue weighted by atomic mass is 9.78. The van der Waals surface area contributed by atoms with E-state index < -0.39 is 5.54 Å². The normalized spacial score (nSPS) is 20.1. The monoisotopic (exact) mass is 389 g/mol. The molecule has 0 radical (unpaired) electrons. The summed E-state index contributed by atoms with van der Waals surface area (Å²) in [5.41, 5.74) is 19.8. The summed E-state index contributed by atoms with van der Waals surface area (Å²) in [6.45, 7) is 11.2. The quantitative estimate of drug-likeness (QED) is 0.345. The van der Waals surface area contributed by atoms with Crippen molar-refractivity contribution in [1.82, 2.24) is 0 Å². The first-order chi connectivity index (χ1) is 14.2. The maximum atomic E-state index is 7.05. The predicted molar refractivity (Wildman–Crippen MR) is 127 cm³/mol. The molecule has 4 aromatic rings. The minimum Gasteiger partial charge on any atom is -0.318 e. The molecule has 0 saturated heterocycles. The number of hydrogen-bond donors (Lipinski definition) is 1. The summed E-state index contributed by atoms with van der Waals surface area (Å²) < 4.78 is 0. The van der Waals surface area contributed by atoms with Gasteiger partial charge in [-0.15, -0.1) is 0 Å². The van der Waals surface area contributed by atoms with Gasteiger partial charge in [0.05, 0.1) is 5.54 Å². The summed E-state index contributed by atoms with van der Waals surface area (Å²) in [5, 5.41) is 2.63. The molecule has 30 heavy (non-hydrogen) atoms. The Kier molecular flexibility index (Phi) is 3.23. The molecule has 0 aromatic heterocycles. The predicted octanol–water partition coefficient (Wildman–Crippen LogP) is 6.97. The fourth-order valence-corrected chi connectivity index (χ4v) is 6.09. The van der Waals surface area contributed by atoms with Crippen LogP contribution in [0.15, 0.2) is 60.7 Å². The summed E-state index contributed by atoms with van der Waals surface area (Å²) in [5.74, 6) is 0. The Morgan fingerprint density at radius 3 is 1.67 bits per heavy atom. The van der Waals surface area contributed by atoms with E-state index in [4.69, 9.17) is 5.73 Å². The molecule has 1 heteroatoms. The molecule has 6 rings (SSSR count). The van der Waals surface area contributed by atoms with Gasteiger partial charge in [-0.2, -0.15) is 0 Å². The molecule has 0 heterocycles. The zero-order valence-electron chi connectivity index (χ0n) is 18.4. The third kappa shape index (κ3) is 2.01. The Bertz CT molecular complexity index is 1290. The second-order valence-electron chi connectivity index (χ2n) is 10.00. The van der Waals surface area contributed by atoms with Gasteiger partial charge in [0.2, 0.25) is 0 Å². The number of benzene rings is 4. The van der Waals surface area contributed by atoms with Crippen LogP contribution < -0.4 is 5.73 Å². The van der Waals surface area contributed by atoms with Crippen LogP contribution in [0.4, 0.5) is 0 Å². The van der Waals surface area contributed by atoms with Gasteiger partial charge in [0.1, 0.15) is 0 Å². The lowest BCUT2D eigenvalue weighted by molar-refractivity contribution is 0.625. The summed E-state index contributed by atoms with van der Waals surface area (Å²) >= 11 is 0. The van der Waals surface area contributed by atoms with Gasteiger partial charge in [0.15, 0.2) is 0 Å². The van der Waals surface area contributed by atoms with Crippen molar-refractivity contribution in [2.75, 3.05) is 0 Å². The molecule has 0 fully saturated rings. The molecule has 1 atom stereocenters. The number of hydrogen-bond acceptors (Lipinski definition) is 1. The van der Waals surface area contributed by atoms with E-state index in [0.717, 1.165) is 0 Å². The molecule has 4 aromatic carbocycles. The molecule has 1 unspecified atom stereocenters. The van der Waals surface area contributed by atoms with E-state index in [-0.39, 0.29) is 5.41 Å². The minimum atomic E-state index is -0.489. The van der Waals surface area contributed by atoms with Crippen LogP contribution in [0.25, 0.3) is 33.0 Å². The fourth-order valence-electron chi connectivity index (χ4n) is 6.09. The maximum Gasteiger partial charge on any atom is 0.0655 e.